The molecule has 8 heteroatoms. The van der Waals surface area contributed by atoms with Crippen LogP contribution in [0, 0.1) is 10.1 Å². The Labute approximate surface area is 157 Å². The third kappa shape index (κ3) is 3.74. The van der Waals surface area contributed by atoms with Gasteiger partial charge in [-0.15, -0.1) is 0 Å². The quantitative estimate of drug-likeness (QED) is 0.377. The van der Waals surface area contributed by atoms with Gasteiger partial charge in [-0.25, -0.2) is 0 Å². The number of hydrogen-bond acceptors (Lipinski definition) is 4. The number of amides is 1. The molecule has 0 bridgehead atoms. The number of non-ortho nitro benzene ring substituents is 1. The fourth-order valence-electron chi connectivity index (χ4n) is 2.46. The van der Waals surface area contributed by atoms with E-state index in [4.69, 9.17) is 11.6 Å². The predicted octanol–water partition coefficient (Wildman–Crippen LogP) is 4.43. The average molecular weight is 388 g/mol. The van der Waals surface area contributed by atoms with E-state index in [-0.39, 0.29) is 5.69 Å². The molecule has 1 heterocycles. The lowest BCUT2D eigenvalue weighted by Crippen LogP contribution is -2.15. The Morgan fingerprint density at radius 2 is 2.12 bits per heavy atom. The standard InChI is InChI=1S/C18H14ClN3O3S/c1-2-21-15-11-13(22(24)25)8-9-16(15)26-18(21)20-17(23)10-7-12-5-3-4-6-14(12)19/h3-11H,2H2,1H3/b10-7+,20-18?. The van der Waals surface area contributed by atoms with Crippen LogP contribution in [0.25, 0.3) is 16.3 Å². The van der Waals surface area contributed by atoms with E-state index in [9.17, 15) is 14.9 Å². The molecule has 3 aromatic rings. The Bertz CT molecular complexity index is 1100. The smallest absolute Gasteiger partial charge is 0.272 e. The van der Waals surface area contributed by atoms with E-state index in [0.717, 1.165) is 10.3 Å². The summed E-state index contributed by atoms with van der Waals surface area (Å²) in [5.74, 6) is -0.423. The molecular formula is C18H14ClN3O3S. The highest BCUT2D eigenvalue weighted by Gasteiger charge is 2.11. The number of thiazole rings is 1. The number of rotatable bonds is 4. The van der Waals surface area contributed by atoms with E-state index in [1.807, 2.05) is 19.1 Å². The summed E-state index contributed by atoms with van der Waals surface area (Å²) in [7, 11) is 0. The number of nitrogens with zero attached hydrogens (tertiary/aromatic N) is 3. The summed E-state index contributed by atoms with van der Waals surface area (Å²) in [5, 5.41) is 11.5. The summed E-state index contributed by atoms with van der Waals surface area (Å²) < 4.78 is 2.62. The molecular weight excluding hydrogens is 374 g/mol. The summed E-state index contributed by atoms with van der Waals surface area (Å²) in [4.78, 5) is 27.4. The molecule has 3 rings (SSSR count). The van der Waals surface area contributed by atoms with Crippen molar-refractivity contribution >= 4 is 50.8 Å². The van der Waals surface area contributed by atoms with Gasteiger partial charge in [0.2, 0.25) is 0 Å². The van der Waals surface area contributed by atoms with Crippen LogP contribution in [0.5, 0.6) is 0 Å². The van der Waals surface area contributed by atoms with Crippen molar-refractivity contribution in [3.8, 4) is 0 Å². The third-order valence-electron chi connectivity index (χ3n) is 3.71. The summed E-state index contributed by atoms with van der Waals surface area (Å²) >= 11 is 7.37. The highest BCUT2D eigenvalue weighted by molar-refractivity contribution is 7.16. The lowest BCUT2D eigenvalue weighted by atomic mass is 10.2. The normalized spacial score (nSPS) is 12.2. The van der Waals surface area contributed by atoms with Crippen LogP contribution in [0.3, 0.4) is 0 Å². The molecule has 0 atom stereocenters. The largest absolute Gasteiger partial charge is 0.316 e. The molecule has 132 valence electrons. The van der Waals surface area contributed by atoms with Gasteiger partial charge in [0.1, 0.15) is 0 Å². The van der Waals surface area contributed by atoms with Crippen molar-refractivity contribution < 1.29 is 9.72 Å². The Morgan fingerprint density at radius 3 is 2.81 bits per heavy atom. The first-order valence-electron chi connectivity index (χ1n) is 7.78. The number of nitro groups is 1. The molecule has 0 aliphatic carbocycles. The highest BCUT2D eigenvalue weighted by Crippen LogP contribution is 2.23. The van der Waals surface area contributed by atoms with Crippen molar-refractivity contribution in [1.29, 1.82) is 0 Å². The number of carbonyl (C=O) groups is 1. The topological polar surface area (TPSA) is 77.5 Å². The van der Waals surface area contributed by atoms with Crippen LogP contribution < -0.4 is 4.80 Å². The van der Waals surface area contributed by atoms with Gasteiger partial charge < -0.3 is 4.57 Å². The fraction of sp³-hybridized carbons (Fsp3) is 0.111. The van der Waals surface area contributed by atoms with Crippen LogP contribution in [0.4, 0.5) is 5.69 Å². The van der Waals surface area contributed by atoms with Gasteiger partial charge in [-0.1, -0.05) is 41.1 Å². The molecule has 0 unspecified atom stereocenters. The summed E-state index contributed by atoms with van der Waals surface area (Å²) in [6.07, 6.45) is 2.97. The van der Waals surface area contributed by atoms with Gasteiger partial charge in [0.25, 0.3) is 11.6 Å². The second-order valence-corrected chi connectivity index (χ2v) is 6.76. The predicted molar refractivity (Wildman–Crippen MR) is 103 cm³/mol. The Hall–Kier alpha value is -2.77. The number of aryl methyl sites for hydroxylation is 1. The zero-order chi connectivity index (χ0) is 18.7. The number of hydrogen-bond donors (Lipinski definition) is 0. The van der Waals surface area contributed by atoms with E-state index >= 15 is 0 Å². The maximum absolute atomic E-state index is 12.2. The van der Waals surface area contributed by atoms with Crippen molar-refractivity contribution in [2.75, 3.05) is 0 Å². The minimum Gasteiger partial charge on any atom is -0.316 e. The molecule has 0 saturated carbocycles. The van der Waals surface area contributed by atoms with E-state index in [1.165, 1.54) is 29.5 Å². The number of benzene rings is 2. The van der Waals surface area contributed by atoms with E-state index in [1.54, 1.807) is 28.8 Å². The second-order valence-electron chi connectivity index (χ2n) is 5.34. The molecule has 26 heavy (non-hydrogen) atoms. The van der Waals surface area contributed by atoms with Crippen LogP contribution >= 0.6 is 22.9 Å². The van der Waals surface area contributed by atoms with Gasteiger partial charge in [-0.2, -0.15) is 4.99 Å². The first-order valence-corrected chi connectivity index (χ1v) is 8.98. The van der Waals surface area contributed by atoms with Crippen molar-refractivity contribution in [2.45, 2.75) is 13.5 Å². The van der Waals surface area contributed by atoms with Crippen LogP contribution in [-0.4, -0.2) is 15.4 Å². The number of halogens is 1. The van der Waals surface area contributed by atoms with Crippen molar-refractivity contribution in [2.24, 2.45) is 4.99 Å². The van der Waals surface area contributed by atoms with E-state index < -0.39 is 10.8 Å². The maximum atomic E-state index is 12.2. The van der Waals surface area contributed by atoms with Crippen LogP contribution in [-0.2, 0) is 11.3 Å². The average Bonchev–Trinajstić information content (AvgIpc) is 2.96. The molecule has 0 saturated heterocycles. The summed E-state index contributed by atoms with van der Waals surface area (Å²) in [6.45, 7) is 2.44. The monoisotopic (exact) mass is 387 g/mol. The van der Waals surface area contributed by atoms with Gasteiger partial charge >= 0.3 is 0 Å². The molecule has 2 aromatic carbocycles. The highest BCUT2D eigenvalue weighted by atomic mass is 35.5. The SMILES string of the molecule is CCn1c(=NC(=O)/C=C/c2ccccc2Cl)sc2ccc([N+](=O)[O-])cc21. The molecule has 0 fully saturated rings. The van der Waals surface area contributed by atoms with Gasteiger partial charge in [0.15, 0.2) is 4.80 Å². The third-order valence-corrected chi connectivity index (χ3v) is 5.11. The van der Waals surface area contributed by atoms with Gasteiger partial charge in [0, 0.05) is 29.8 Å². The van der Waals surface area contributed by atoms with Crippen LogP contribution in [0.1, 0.15) is 12.5 Å². The second kappa shape index (κ2) is 7.63. The van der Waals surface area contributed by atoms with E-state index in [2.05, 4.69) is 4.99 Å². The number of aromatic nitrogens is 1. The molecule has 1 aromatic heterocycles. The molecule has 1 amide bonds. The van der Waals surface area contributed by atoms with Crippen molar-refractivity contribution in [1.82, 2.24) is 4.57 Å². The Morgan fingerprint density at radius 1 is 1.35 bits per heavy atom. The molecule has 0 N–H and O–H groups in total. The van der Waals surface area contributed by atoms with Crippen LogP contribution in [0.15, 0.2) is 53.5 Å². The Balaban J connectivity index is 2.00. The molecule has 0 spiro atoms. The first-order chi connectivity index (χ1) is 12.5. The minimum atomic E-state index is -0.439. The van der Waals surface area contributed by atoms with Gasteiger partial charge in [-0.3, -0.25) is 14.9 Å². The molecule has 0 aliphatic heterocycles. The maximum Gasteiger partial charge on any atom is 0.272 e. The molecule has 6 nitrogen and oxygen atoms in total. The molecule has 0 radical (unpaired) electrons. The molecule has 0 aliphatic rings. The van der Waals surface area contributed by atoms with Crippen molar-refractivity contribution in [3.63, 3.8) is 0 Å². The van der Waals surface area contributed by atoms with Crippen molar-refractivity contribution in [3.05, 3.63) is 74.0 Å². The summed E-state index contributed by atoms with van der Waals surface area (Å²) in [5.41, 5.74) is 1.43. The van der Waals surface area contributed by atoms with Crippen LogP contribution in [0.2, 0.25) is 5.02 Å². The van der Waals surface area contributed by atoms with Gasteiger partial charge in [0.05, 0.1) is 15.1 Å². The minimum absolute atomic E-state index is 0.00833. The van der Waals surface area contributed by atoms with Gasteiger partial charge in [-0.05, 0) is 30.7 Å². The zero-order valence-electron chi connectivity index (χ0n) is 13.8. The number of fused-ring (bicyclic) bond motifs is 1. The lowest BCUT2D eigenvalue weighted by Gasteiger charge is -1.99. The first kappa shape index (κ1) is 18.0. The summed E-state index contributed by atoms with van der Waals surface area (Å²) in [6, 6.07) is 11.8. The number of nitro benzene ring substituents is 1. The van der Waals surface area contributed by atoms with E-state index in [0.29, 0.717) is 21.9 Å². The lowest BCUT2D eigenvalue weighted by molar-refractivity contribution is -0.384. The Kier molecular flexibility index (Phi) is 5.29. The zero-order valence-corrected chi connectivity index (χ0v) is 15.3. The number of carbonyl (C=O) groups excluding carboxylic acids is 1. The fourth-order valence-corrected chi connectivity index (χ4v) is 3.74.